The molecule has 8 heteroatoms. The molecule has 0 unspecified atom stereocenters. The van der Waals surface area contributed by atoms with E-state index in [2.05, 4.69) is 17.2 Å². The minimum absolute atomic E-state index is 0.200. The molecule has 0 saturated heterocycles. The Morgan fingerprint density at radius 3 is 2.66 bits per heavy atom. The van der Waals surface area contributed by atoms with Crippen LogP contribution in [0.15, 0.2) is 65.0 Å². The highest BCUT2D eigenvalue weighted by molar-refractivity contribution is 7.17. The first kappa shape index (κ1) is 21.5. The molecule has 0 aliphatic carbocycles. The number of anilines is 1. The van der Waals surface area contributed by atoms with Gasteiger partial charge >= 0.3 is 5.97 Å². The van der Waals surface area contributed by atoms with E-state index in [9.17, 15) is 14.4 Å². The molecule has 7 nitrogen and oxygen atoms in total. The zero-order valence-corrected chi connectivity index (χ0v) is 18.4. The number of aromatic nitrogens is 2. The Morgan fingerprint density at radius 2 is 1.94 bits per heavy atom. The molecule has 32 heavy (non-hydrogen) atoms. The van der Waals surface area contributed by atoms with Crippen LogP contribution in [0.5, 0.6) is 0 Å². The van der Waals surface area contributed by atoms with Gasteiger partial charge in [0.2, 0.25) is 5.91 Å². The number of aryl methyl sites for hydroxylation is 1. The molecular weight excluding hydrogens is 426 g/mol. The van der Waals surface area contributed by atoms with Crippen molar-refractivity contribution in [2.45, 2.75) is 19.9 Å². The normalized spacial score (nSPS) is 10.8. The maximum Gasteiger partial charge on any atom is 0.337 e. The van der Waals surface area contributed by atoms with Crippen LogP contribution in [0.2, 0.25) is 0 Å². The van der Waals surface area contributed by atoms with Gasteiger partial charge in [-0.15, -0.1) is 11.3 Å². The predicted molar refractivity (Wildman–Crippen MR) is 125 cm³/mol. The molecule has 0 atom stereocenters. The molecule has 0 aliphatic heterocycles. The molecule has 0 aliphatic rings. The number of ether oxygens (including phenoxy) is 1. The van der Waals surface area contributed by atoms with Crippen molar-refractivity contribution in [3.63, 3.8) is 0 Å². The Hall–Kier alpha value is -3.78. The lowest BCUT2D eigenvalue weighted by Gasteiger charge is -2.09. The van der Waals surface area contributed by atoms with Crippen LogP contribution >= 0.6 is 11.3 Å². The molecule has 0 radical (unpaired) electrons. The Labute approximate surface area is 188 Å². The Bertz CT molecular complexity index is 1360. The quantitative estimate of drug-likeness (QED) is 0.449. The summed E-state index contributed by atoms with van der Waals surface area (Å²) in [7, 11) is 1.29. The fourth-order valence-corrected chi connectivity index (χ4v) is 4.32. The SMILES string of the molecule is CCc1ccc(-c2csc3ncn(CC(=O)Nc4cccc(C(=O)OC)c4)c(=O)c23)cc1. The van der Waals surface area contributed by atoms with Crippen molar-refractivity contribution in [3.8, 4) is 11.1 Å². The summed E-state index contributed by atoms with van der Waals surface area (Å²) in [5, 5.41) is 5.13. The van der Waals surface area contributed by atoms with Gasteiger partial charge in [-0.3, -0.25) is 14.2 Å². The summed E-state index contributed by atoms with van der Waals surface area (Å²) in [4.78, 5) is 42.4. The Morgan fingerprint density at radius 1 is 1.16 bits per heavy atom. The van der Waals surface area contributed by atoms with Crippen molar-refractivity contribution in [2.24, 2.45) is 0 Å². The van der Waals surface area contributed by atoms with Crippen LogP contribution < -0.4 is 10.9 Å². The van der Waals surface area contributed by atoms with E-state index in [1.54, 1.807) is 18.2 Å². The van der Waals surface area contributed by atoms with Gasteiger partial charge in [0, 0.05) is 16.6 Å². The fraction of sp³-hybridized carbons (Fsp3) is 0.167. The molecule has 1 N–H and O–H groups in total. The lowest BCUT2D eigenvalue weighted by Crippen LogP contribution is -2.27. The lowest BCUT2D eigenvalue weighted by molar-refractivity contribution is -0.116. The first-order chi connectivity index (χ1) is 15.5. The van der Waals surface area contributed by atoms with E-state index in [1.807, 2.05) is 29.6 Å². The van der Waals surface area contributed by atoms with E-state index in [0.29, 0.717) is 21.5 Å². The van der Waals surface area contributed by atoms with Gasteiger partial charge in [-0.25, -0.2) is 9.78 Å². The van der Waals surface area contributed by atoms with E-state index >= 15 is 0 Å². The number of carbonyl (C=O) groups excluding carboxylic acids is 2. The van der Waals surface area contributed by atoms with E-state index in [0.717, 1.165) is 17.5 Å². The summed E-state index contributed by atoms with van der Waals surface area (Å²) in [6, 6.07) is 14.5. The minimum Gasteiger partial charge on any atom is -0.465 e. The third kappa shape index (κ3) is 4.31. The topological polar surface area (TPSA) is 90.3 Å². The third-order valence-electron chi connectivity index (χ3n) is 5.12. The highest BCUT2D eigenvalue weighted by Gasteiger charge is 2.15. The predicted octanol–water partition coefficient (Wildman–Crippen LogP) is 4.11. The minimum atomic E-state index is -0.496. The number of nitrogens with zero attached hydrogens (tertiary/aromatic N) is 2. The van der Waals surface area contributed by atoms with Gasteiger partial charge in [-0.2, -0.15) is 0 Å². The first-order valence-corrected chi connectivity index (χ1v) is 10.9. The number of nitrogens with one attached hydrogen (secondary N) is 1. The highest BCUT2D eigenvalue weighted by Crippen LogP contribution is 2.30. The van der Waals surface area contributed by atoms with E-state index in [4.69, 9.17) is 4.74 Å². The molecular formula is C24H21N3O4S. The standard InChI is InChI=1S/C24H21N3O4S/c1-3-15-7-9-16(10-8-15)19-13-32-22-21(19)23(29)27(14-25-22)12-20(28)26-18-6-4-5-17(11-18)24(30)31-2/h4-11,13-14H,3,12H2,1-2H3,(H,26,28). The molecule has 0 bridgehead atoms. The Balaban J connectivity index is 1.60. The summed E-state index contributed by atoms with van der Waals surface area (Å²) in [5.74, 6) is -0.900. The van der Waals surface area contributed by atoms with Crippen LogP contribution in [0.4, 0.5) is 5.69 Å². The summed E-state index contributed by atoms with van der Waals surface area (Å²) in [6.45, 7) is 1.89. The van der Waals surface area contributed by atoms with Crippen LogP contribution in [0.1, 0.15) is 22.8 Å². The molecule has 4 aromatic rings. The van der Waals surface area contributed by atoms with Gasteiger partial charge in [0.25, 0.3) is 5.56 Å². The summed E-state index contributed by atoms with van der Waals surface area (Å²) in [5.41, 5.74) is 3.45. The largest absolute Gasteiger partial charge is 0.465 e. The van der Waals surface area contributed by atoms with Crippen LogP contribution in [-0.2, 0) is 22.5 Å². The lowest BCUT2D eigenvalue weighted by atomic mass is 10.0. The van der Waals surface area contributed by atoms with Crippen LogP contribution in [-0.4, -0.2) is 28.5 Å². The van der Waals surface area contributed by atoms with Crippen LogP contribution in [0.3, 0.4) is 0 Å². The van der Waals surface area contributed by atoms with Gasteiger partial charge in [-0.1, -0.05) is 37.3 Å². The zero-order chi connectivity index (χ0) is 22.7. The van der Waals surface area contributed by atoms with Crippen molar-refractivity contribution in [3.05, 3.63) is 81.7 Å². The molecule has 2 aromatic carbocycles. The second-order valence-corrected chi connectivity index (χ2v) is 8.04. The zero-order valence-electron chi connectivity index (χ0n) is 17.6. The molecule has 2 aromatic heterocycles. The van der Waals surface area contributed by atoms with Crippen molar-refractivity contribution >= 4 is 39.1 Å². The first-order valence-electron chi connectivity index (χ1n) is 10.0. The molecule has 0 fully saturated rings. The van der Waals surface area contributed by atoms with Crippen LogP contribution in [0, 0.1) is 0 Å². The fourth-order valence-electron chi connectivity index (χ4n) is 3.41. The number of esters is 1. The van der Waals surface area contributed by atoms with Gasteiger partial charge in [0.15, 0.2) is 0 Å². The Kier molecular flexibility index (Phi) is 6.13. The third-order valence-corrected chi connectivity index (χ3v) is 6.00. The molecule has 0 spiro atoms. The van der Waals surface area contributed by atoms with Gasteiger partial charge in [0.05, 0.1) is 24.4 Å². The summed E-state index contributed by atoms with van der Waals surface area (Å²) < 4.78 is 5.99. The number of amides is 1. The maximum atomic E-state index is 13.2. The number of carbonyl (C=O) groups is 2. The molecule has 2 heterocycles. The number of rotatable bonds is 6. The molecule has 162 valence electrons. The number of benzene rings is 2. The van der Waals surface area contributed by atoms with Crippen molar-refractivity contribution in [2.75, 3.05) is 12.4 Å². The van der Waals surface area contributed by atoms with Gasteiger partial charge < -0.3 is 10.1 Å². The van der Waals surface area contributed by atoms with Crippen molar-refractivity contribution in [1.29, 1.82) is 0 Å². The molecule has 1 amide bonds. The average molecular weight is 448 g/mol. The monoisotopic (exact) mass is 447 g/mol. The second kappa shape index (κ2) is 9.15. The molecule has 4 rings (SSSR count). The number of methoxy groups -OCH3 is 1. The number of hydrogen-bond donors (Lipinski definition) is 1. The van der Waals surface area contributed by atoms with Crippen molar-refractivity contribution < 1.29 is 14.3 Å². The van der Waals surface area contributed by atoms with Crippen LogP contribution in [0.25, 0.3) is 21.3 Å². The van der Waals surface area contributed by atoms with Crippen molar-refractivity contribution in [1.82, 2.24) is 9.55 Å². The smallest absolute Gasteiger partial charge is 0.337 e. The average Bonchev–Trinajstić information content (AvgIpc) is 3.25. The summed E-state index contributed by atoms with van der Waals surface area (Å²) >= 11 is 1.40. The van der Waals surface area contributed by atoms with E-state index in [1.165, 1.54) is 41.0 Å². The second-order valence-electron chi connectivity index (χ2n) is 7.18. The molecule has 0 saturated carbocycles. The highest BCUT2D eigenvalue weighted by atomic mass is 32.1. The number of fused-ring (bicyclic) bond motifs is 1. The number of thiophene rings is 1. The van der Waals surface area contributed by atoms with Gasteiger partial charge in [-0.05, 0) is 35.7 Å². The van der Waals surface area contributed by atoms with E-state index in [-0.39, 0.29) is 12.1 Å². The summed E-state index contributed by atoms with van der Waals surface area (Å²) in [6.07, 6.45) is 2.33. The van der Waals surface area contributed by atoms with Gasteiger partial charge in [0.1, 0.15) is 11.4 Å². The number of hydrogen-bond acceptors (Lipinski definition) is 6. The maximum absolute atomic E-state index is 13.2. The van der Waals surface area contributed by atoms with E-state index < -0.39 is 11.9 Å².